The van der Waals surface area contributed by atoms with Crippen LogP contribution >= 0.6 is 0 Å². The molecule has 0 aliphatic carbocycles. The highest BCUT2D eigenvalue weighted by Crippen LogP contribution is 2.22. The van der Waals surface area contributed by atoms with E-state index >= 15 is 0 Å². The van der Waals surface area contributed by atoms with Gasteiger partial charge in [0.05, 0.1) is 0 Å². The van der Waals surface area contributed by atoms with Crippen molar-refractivity contribution in [1.29, 1.82) is 0 Å². The Morgan fingerprint density at radius 2 is 2.20 bits per heavy atom. The third kappa shape index (κ3) is 3.18. The summed E-state index contributed by atoms with van der Waals surface area (Å²) in [6.45, 7) is 7.95. The third-order valence-electron chi connectivity index (χ3n) is 2.67. The van der Waals surface area contributed by atoms with E-state index in [1.807, 2.05) is 6.08 Å². The summed E-state index contributed by atoms with van der Waals surface area (Å²) in [7, 11) is 0. The van der Waals surface area contributed by atoms with Crippen molar-refractivity contribution in [2.24, 2.45) is 5.84 Å². The number of nitrogens with one attached hydrogen (secondary N) is 1. The monoisotopic (exact) mass is 204 g/mol. The number of hydrazine groups is 1. The van der Waals surface area contributed by atoms with Crippen LogP contribution in [-0.4, -0.2) is 0 Å². The molecule has 1 aromatic carbocycles. The lowest BCUT2D eigenvalue weighted by atomic mass is 9.96. The van der Waals surface area contributed by atoms with E-state index in [4.69, 9.17) is 5.84 Å². The van der Waals surface area contributed by atoms with Gasteiger partial charge in [-0.3, -0.25) is 11.3 Å². The molecule has 3 N–H and O–H groups in total. The minimum Gasteiger partial charge on any atom is -0.271 e. The SMILES string of the molecule is C=CCCC(NN)c1cc(C)ccc1C. The van der Waals surface area contributed by atoms with Gasteiger partial charge in [0.25, 0.3) is 0 Å². The molecule has 1 unspecified atom stereocenters. The number of allylic oxidation sites excluding steroid dienone is 1. The third-order valence-corrected chi connectivity index (χ3v) is 2.67. The average molecular weight is 204 g/mol. The van der Waals surface area contributed by atoms with Crippen molar-refractivity contribution in [3.63, 3.8) is 0 Å². The summed E-state index contributed by atoms with van der Waals surface area (Å²) in [6.07, 6.45) is 3.89. The van der Waals surface area contributed by atoms with Gasteiger partial charge in [0.15, 0.2) is 0 Å². The van der Waals surface area contributed by atoms with E-state index in [2.05, 4.69) is 44.1 Å². The molecule has 0 aliphatic heterocycles. The highest BCUT2D eigenvalue weighted by molar-refractivity contribution is 5.32. The second-order valence-corrected chi connectivity index (χ2v) is 3.95. The first-order valence-corrected chi connectivity index (χ1v) is 5.33. The Bertz CT molecular complexity index is 331. The predicted molar refractivity (Wildman–Crippen MR) is 65.4 cm³/mol. The van der Waals surface area contributed by atoms with Crippen LogP contribution in [0.3, 0.4) is 0 Å². The molecule has 1 atom stereocenters. The Morgan fingerprint density at radius 1 is 1.47 bits per heavy atom. The molecule has 15 heavy (non-hydrogen) atoms. The summed E-state index contributed by atoms with van der Waals surface area (Å²) >= 11 is 0. The van der Waals surface area contributed by atoms with E-state index in [0.29, 0.717) is 0 Å². The lowest BCUT2D eigenvalue weighted by Gasteiger charge is -2.18. The summed E-state index contributed by atoms with van der Waals surface area (Å²) < 4.78 is 0. The van der Waals surface area contributed by atoms with Gasteiger partial charge in [-0.05, 0) is 37.8 Å². The Balaban J connectivity index is 2.89. The van der Waals surface area contributed by atoms with Crippen molar-refractivity contribution < 1.29 is 0 Å². The molecule has 0 fully saturated rings. The van der Waals surface area contributed by atoms with Gasteiger partial charge in [-0.25, -0.2) is 0 Å². The standard InChI is InChI=1S/C13H20N2/c1-4-5-6-13(15-14)12-9-10(2)7-8-11(12)3/h4,7-9,13,15H,1,5-6,14H2,2-3H3. The largest absolute Gasteiger partial charge is 0.271 e. The van der Waals surface area contributed by atoms with Crippen molar-refractivity contribution >= 4 is 0 Å². The van der Waals surface area contributed by atoms with Gasteiger partial charge < -0.3 is 0 Å². The second-order valence-electron chi connectivity index (χ2n) is 3.95. The van der Waals surface area contributed by atoms with E-state index in [1.165, 1.54) is 16.7 Å². The molecule has 2 nitrogen and oxygen atoms in total. The van der Waals surface area contributed by atoms with Gasteiger partial charge in [0.1, 0.15) is 0 Å². The molecule has 0 saturated heterocycles. The maximum absolute atomic E-state index is 5.58. The first kappa shape index (κ1) is 12.0. The Hall–Kier alpha value is -1.12. The predicted octanol–water partition coefficient (Wildman–Crippen LogP) is 2.77. The lowest BCUT2D eigenvalue weighted by molar-refractivity contribution is 0.518. The fourth-order valence-electron chi connectivity index (χ4n) is 1.75. The number of aryl methyl sites for hydroxylation is 2. The fourth-order valence-corrected chi connectivity index (χ4v) is 1.75. The molecule has 0 bridgehead atoms. The van der Waals surface area contributed by atoms with Gasteiger partial charge in [0, 0.05) is 6.04 Å². The first-order valence-electron chi connectivity index (χ1n) is 5.33. The molecule has 0 aromatic heterocycles. The van der Waals surface area contributed by atoms with Crippen LogP contribution in [0, 0.1) is 13.8 Å². The minimum absolute atomic E-state index is 0.225. The van der Waals surface area contributed by atoms with Crippen molar-refractivity contribution in [1.82, 2.24) is 5.43 Å². The number of nitrogens with two attached hydrogens (primary N) is 1. The summed E-state index contributed by atoms with van der Waals surface area (Å²) in [5, 5.41) is 0. The maximum atomic E-state index is 5.58. The topological polar surface area (TPSA) is 38.0 Å². The van der Waals surface area contributed by atoms with Gasteiger partial charge in [-0.2, -0.15) is 0 Å². The van der Waals surface area contributed by atoms with Crippen molar-refractivity contribution in [3.05, 3.63) is 47.5 Å². The van der Waals surface area contributed by atoms with Crippen molar-refractivity contribution in [2.75, 3.05) is 0 Å². The Morgan fingerprint density at radius 3 is 2.80 bits per heavy atom. The molecule has 0 spiro atoms. The quantitative estimate of drug-likeness (QED) is 0.440. The van der Waals surface area contributed by atoms with Crippen LogP contribution in [-0.2, 0) is 0 Å². The van der Waals surface area contributed by atoms with E-state index in [9.17, 15) is 0 Å². The van der Waals surface area contributed by atoms with Crippen LogP contribution in [0.5, 0.6) is 0 Å². The molecule has 0 heterocycles. The summed E-state index contributed by atoms with van der Waals surface area (Å²) in [5.41, 5.74) is 6.72. The van der Waals surface area contributed by atoms with E-state index in [0.717, 1.165) is 12.8 Å². The molecule has 0 aliphatic rings. The fraction of sp³-hybridized carbons (Fsp3) is 0.385. The highest BCUT2D eigenvalue weighted by atomic mass is 15.2. The molecule has 82 valence electrons. The zero-order valence-electron chi connectivity index (χ0n) is 9.59. The minimum atomic E-state index is 0.225. The number of rotatable bonds is 5. The number of hydrogen-bond donors (Lipinski definition) is 2. The smallest absolute Gasteiger partial charge is 0.0465 e. The molecule has 1 rings (SSSR count). The molecule has 1 aromatic rings. The van der Waals surface area contributed by atoms with Gasteiger partial charge in [0.2, 0.25) is 0 Å². The van der Waals surface area contributed by atoms with Crippen LogP contribution in [0.15, 0.2) is 30.9 Å². The van der Waals surface area contributed by atoms with E-state index in [-0.39, 0.29) is 6.04 Å². The van der Waals surface area contributed by atoms with Gasteiger partial charge in [-0.1, -0.05) is 29.8 Å². The van der Waals surface area contributed by atoms with Crippen LogP contribution in [0.2, 0.25) is 0 Å². The summed E-state index contributed by atoms with van der Waals surface area (Å²) in [6, 6.07) is 6.69. The van der Waals surface area contributed by atoms with Crippen molar-refractivity contribution in [3.8, 4) is 0 Å². The lowest BCUT2D eigenvalue weighted by Crippen LogP contribution is -2.28. The Kier molecular flexibility index (Phi) is 4.53. The normalized spacial score (nSPS) is 12.5. The zero-order valence-corrected chi connectivity index (χ0v) is 9.59. The van der Waals surface area contributed by atoms with E-state index < -0.39 is 0 Å². The molecule has 0 saturated carbocycles. The van der Waals surface area contributed by atoms with Crippen LogP contribution in [0.4, 0.5) is 0 Å². The molecular weight excluding hydrogens is 184 g/mol. The number of benzene rings is 1. The Labute approximate surface area is 92.2 Å². The van der Waals surface area contributed by atoms with E-state index in [1.54, 1.807) is 0 Å². The molecule has 2 heteroatoms. The average Bonchev–Trinajstić information content (AvgIpc) is 2.24. The first-order chi connectivity index (χ1) is 7.19. The highest BCUT2D eigenvalue weighted by Gasteiger charge is 2.11. The van der Waals surface area contributed by atoms with Crippen LogP contribution in [0.1, 0.15) is 35.6 Å². The molecule has 0 radical (unpaired) electrons. The van der Waals surface area contributed by atoms with Gasteiger partial charge in [-0.15, -0.1) is 6.58 Å². The zero-order chi connectivity index (χ0) is 11.3. The summed E-state index contributed by atoms with van der Waals surface area (Å²) in [4.78, 5) is 0. The molecule has 0 amide bonds. The van der Waals surface area contributed by atoms with Crippen molar-refractivity contribution in [2.45, 2.75) is 32.7 Å². The second kappa shape index (κ2) is 5.69. The van der Waals surface area contributed by atoms with Crippen LogP contribution in [0.25, 0.3) is 0 Å². The van der Waals surface area contributed by atoms with Gasteiger partial charge >= 0.3 is 0 Å². The summed E-state index contributed by atoms with van der Waals surface area (Å²) in [5.74, 6) is 5.58. The maximum Gasteiger partial charge on any atom is 0.0465 e. The molecular formula is C13H20N2. The number of hydrogen-bond acceptors (Lipinski definition) is 2. The van der Waals surface area contributed by atoms with Crippen LogP contribution < -0.4 is 11.3 Å².